The Morgan fingerprint density at radius 3 is 2.46 bits per heavy atom. The van der Waals surface area contributed by atoms with Gasteiger partial charge < -0.3 is 5.32 Å². The third kappa shape index (κ3) is 2.14. The van der Waals surface area contributed by atoms with Gasteiger partial charge in [0.15, 0.2) is 0 Å². The van der Waals surface area contributed by atoms with Crippen LogP contribution in [0, 0.1) is 17.3 Å². The quantitative estimate of drug-likeness (QED) is 0.642. The molecular weight excluding hydrogens is 158 g/mol. The van der Waals surface area contributed by atoms with Crippen LogP contribution >= 0.6 is 0 Å². The Bertz CT molecular complexity index is 212. The van der Waals surface area contributed by atoms with Crippen molar-refractivity contribution in [2.24, 2.45) is 17.3 Å². The first-order valence-corrected chi connectivity index (χ1v) is 5.46. The van der Waals surface area contributed by atoms with E-state index in [1.54, 1.807) is 0 Å². The van der Waals surface area contributed by atoms with Crippen molar-refractivity contribution >= 4 is 0 Å². The van der Waals surface area contributed by atoms with Crippen molar-refractivity contribution in [3.63, 3.8) is 0 Å². The first-order valence-electron chi connectivity index (χ1n) is 5.46. The van der Waals surface area contributed by atoms with Gasteiger partial charge in [0.25, 0.3) is 0 Å². The monoisotopic (exact) mass is 179 g/mol. The minimum absolute atomic E-state index is 0.422. The Hall–Kier alpha value is -0.300. The maximum Gasteiger partial charge on any atom is 0.0136 e. The van der Waals surface area contributed by atoms with E-state index in [-0.39, 0.29) is 0 Å². The molecule has 2 aliphatic carbocycles. The molecule has 2 bridgehead atoms. The average molecular weight is 179 g/mol. The number of hydrogen-bond donors (Lipinski definition) is 1. The summed E-state index contributed by atoms with van der Waals surface area (Å²) in [4.78, 5) is 0. The molecular formula is C12H21N. The Kier molecular flexibility index (Phi) is 2.23. The Labute approximate surface area is 81.6 Å². The van der Waals surface area contributed by atoms with Crippen LogP contribution in [0.4, 0.5) is 0 Å². The van der Waals surface area contributed by atoms with Gasteiger partial charge in [-0.15, -0.1) is 0 Å². The second kappa shape index (κ2) is 3.13. The van der Waals surface area contributed by atoms with Crippen molar-refractivity contribution in [3.05, 3.63) is 12.2 Å². The van der Waals surface area contributed by atoms with Crippen LogP contribution in [-0.4, -0.2) is 12.6 Å². The zero-order valence-corrected chi connectivity index (χ0v) is 9.01. The normalized spacial score (nSPS) is 37.3. The maximum absolute atomic E-state index is 3.70. The minimum Gasteiger partial charge on any atom is -0.313 e. The summed E-state index contributed by atoms with van der Waals surface area (Å²) in [7, 11) is 0. The second-order valence-electron chi connectivity index (χ2n) is 5.83. The molecule has 0 heterocycles. The molecule has 0 saturated heterocycles. The smallest absolute Gasteiger partial charge is 0.0136 e. The second-order valence-corrected chi connectivity index (χ2v) is 5.83. The van der Waals surface area contributed by atoms with Crippen LogP contribution in [0.15, 0.2) is 12.2 Å². The zero-order chi connectivity index (χ0) is 9.47. The lowest BCUT2D eigenvalue weighted by atomic mass is 9.94. The Morgan fingerprint density at radius 2 is 2.00 bits per heavy atom. The summed E-state index contributed by atoms with van der Waals surface area (Å²) < 4.78 is 0. The molecule has 0 amide bonds. The van der Waals surface area contributed by atoms with Gasteiger partial charge in [-0.1, -0.05) is 32.9 Å². The number of nitrogens with one attached hydrogen (secondary N) is 1. The summed E-state index contributed by atoms with van der Waals surface area (Å²) in [5.74, 6) is 1.73. The van der Waals surface area contributed by atoms with Crippen LogP contribution in [0.1, 0.15) is 33.6 Å². The van der Waals surface area contributed by atoms with Gasteiger partial charge in [0.1, 0.15) is 0 Å². The van der Waals surface area contributed by atoms with Gasteiger partial charge in [-0.3, -0.25) is 0 Å². The fourth-order valence-electron chi connectivity index (χ4n) is 2.45. The van der Waals surface area contributed by atoms with Crippen LogP contribution in [0.5, 0.6) is 0 Å². The van der Waals surface area contributed by atoms with E-state index in [9.17, 15) is 0 Å². The van der Waals surface area contributed by atoms with Crippen molar-refractivity contribution in [2.45, 2.75) is 39.7 Å². The molecule has 13 heavy (non-hydrogen) atoms. The van der Waals surface area contributed by atoms with Gasteiger partial charge in [0.2, 0.25) is 0 Å². The summed E-state index contributed by atoms with van der Waals surface area (Å²) in [6.07, 6.45) is 7.59. The largest absolute Gasteiger partial charge is 0.313 e. The van der Waals surface area contributed by atoms with Crippen LogP contribution in [0.2, 0.25) is 0 Å². The molecule has 74 valence electrons. The molecule has 0 aromatic heterocycles. The predicted octanol–water partition coefficient (Wildman–Crippen LogP) is 2.59. The van der Waals surface area contributed by atoms with E-state index in [4.69, 9.17) is 0 Å². The molecule has 0 radical (unpaired) electrons. The van der Waals surface area contributed by atoms with Crippen molar-refractivity contribution < 1.29 is 0 Å². The fourth-order valence-corrected chi connectivity index (χ4v) is 2.45. The molecule has 0 aromatic rings. The molecule has 1 saturated carbocycles. The number of fused-ring (bicyclic) bond motifs is 2. The van der Waals surface area contributed by atoms with Crippen molar-refractivity contribution in [3.8, 4) is 0 Å². The highest BCUT2D eigenvalue weighted by Crippen LogP contribution is 2.39. The molecule has 0 aromatic carbocycles. The molecule has 2 aliphatic rings. The Balaban J connectivity index is 1.81. The minimum atomic E-state index is 0.422. The van der Waals surface area contributed by atoms with Gasteiger partial charge >= 0.3 is 0 Å². The summed E-state index contributed by atoms with van der Waals surface area (Å²) >= 11 is 0. The lowest BCUT2D eigenvalue weighted by Gasteiger charge is -2.25. The van der Waals surface area contributed by atoms with Crippen molar-refractivity contribution in [1.82, 2.24) is 5.32 Å². The van der Waals surface area contributed by atoms with Crippen molar-refractivity contribution in [1.29, 1.82) is 0 Å². The average Bonchev–Trinajstić information content (AvgIpc) is 2.58. The summed E-state index contributed by atoms with van der Waals surface area (Å²) in [5.41, 5.74) is 0.422. The van der Waals surface area contributed by atoms with Crippen LogP contribution in [0.25, 0.3) is 0 Å². The highest BCUT2D eigenvalue weighted by atomic mass is 14.9. The molecule has 1 heteroatoms. The molecule has 3 atom stereocenters. The number of rotatable bonds is 2. The molecule has 1 unspecified atom stereocenters. The first kappa shape index (κ1) is 9.26. The molecule has 1 nitrogen and oxygen atoms in total. The summed E-state index contributed by atoms with van der Waals surface area (Å²) in [6.45, 7) is 8.03. The van der Waals surface area contributed by atoms with E-state index in [0.29, 0.717) is 5.41 Å². The van der Waals surface area contributed by atoms with Gasteiger partial charge in [-0.2, -0.15) is 0 Å². The van der Waals surface area contributed by atoms with E-state index >= 15 is 0 Å². The molecule has 1 N–H and O–H groups in total. The molecule has 2 rings (SSSR count). The highest BCUT2D eigenvalue weighted by molar-refractivity contribution is 5.12. The molecule has 0 aliphatic heterocycles. The van der Waals surface area contributed by atoms with Gasteiger partial charge in [-0.05, 0) is 30.1 Å². The van der Waals surface area contributed by atoms with Crippen LogP contribution in [0.3, 0.4) is 0 Å². The van der Waals surface area contributed by atoms with E-state index in [1.165, 1.54) is 12.8 Å². The maximum atomic E-state index is 3.70. The topological polar surface area (TPSA) is 12.0 Å². The standard InChI is InChI=1S/C12H21N/c1-12(2,3)8-13-11-7-9-4-5-10(11)6-9/h4-5,9-11,13H,6-8H2,1-3H3/t9-,10+,11?/m1/s1. The molecule has 1 fully saturated rings. The highest BCUT2D eigenvalue weighted by Gasteiger charge is 2.35. The van der Waals surface area contributed by atoms with Gasteiger partial charge in [0, 0.05) is 12.6 Å². The van der Waals surface area contributed by atoms with E-state index in [2.05, 4.69) is 38.2 Å². The summed E-state index contributed by atoms with van der Waals surface area (Å²) in [5, 5.41) is 3.70. The SMILES string of the molecule is CC(C)(C)CNC1C[C@@H]2C=C[C@H]1C2. The third-order valence-corrected chi connectivity index (χ3v) is 3.17. The fraction of sp³-hybridized carbons (Fsp3) is 0.833. The third-order valence-electron chi connectivity index (χ3n) is 3.17. The van der Waals surface area contributed by atoms with Crippen molar-refractivity contribution in [2.75, 3.05) is 6.54 Å². The lowest BCUT2D eigenvalue weighted by molar-refractivity contribution is 0.332. The first-order chi connectivity index (χ1) is 6.04. The van der Waals surface area contributed by atoms with E-state index in [1.807, 2.05) is 0 Å². The molecule has 0 spiro atoms. The predicted molar refractivity (Wildman–Crippen MR) is 56.6 cm³/mol. The van der Waals surface area contributed by atoms with E-state index in [0.717, 1.165) is 24.4 Å². The van der Waals surface area contributed by atoms with Gasteiger partial charge in [-0.25, -0.2) is 0 Å². The zero-order valence-electron chi connectivity index (χ0n) is 9.01. The Morgan fingerprint density at radius 1 is 1.23 bits per heavy atom. The van der Waals surface area contributed by atoms with Gasteiger partial charge in [0.05, 0.1) is 0 Å². The number of allylic oxidation sites excluding steroid dienone is 1. The van der Waals surface area contributed by atoms with Crippen LogP contribution in [-0.2, 0) is 0 Å². The number of hydrogen-bond acceptors (Lipinski definition) is 1. The van der Waals surface area contributed by atoms with Crippen LogP contribution < -0.4 is 5.32 Å². The van der Waals surface area contributed by atoms with E-state index < -0.39 is 0 Å². The summed E-state index contributed by atoms with van der Waals surface area (Å²) in [6, 6.07) is 0.772. The lowest BCUT2D eigenvalue weighted by Crippen LogP contribution is -2.38.